The minimum absolute atomic E-state index is 0.0295. The fraction of sp³-hybridized carbons (Fsp3) is 0.500. The van der Waals surface area contributed by atoms with Crippen LogP contribution in [-0.2, 0) is 17.9 Å². The van der Waals surface area contributed by atoms with Crippen LogP contribution in [0.3, 0.4) is 0 Å². The van der Waals surface area contributed by atoms with Crippen LogP contribution in [0.4, 0.5) is 0 Å². The van der Waals surface area contributed by atoms with Gasteiger partial charge in [-0.15, -0.1) is 16.1 Å². The summed E-state index contributed by atoms with van der Waals surface area (Å²) < 4.78 is 14.4. The maximum atomic E-state index is 11.7. The second kappa shape index (κ2) is 5.83. The second-order valence-corrected chi connectivity index (χ2v) is 7.67. The molecule has 0 amide bonds. The summed E-state index contributed by atoms with van der Waals surface area (Å²) in [7, 11) is 0. The highest BCUT2D eigenvalue weighted by Crippen LogP contribution is 2.18. The lowest BCUT2D eigenvalue weighted by molar-refractivity contribution is 0.234. The van der Waals surface area contributed by atoms with E-state index < -0.39 is 11.4 Å². The van der Waals surface area contributed by atoms with Gasteiger partial charge in [-0.25, -0.2) is 0 Å². The van der Waals surface area contributed by atoms with E-state index in [-0.39, 0.29) is 10.6 Å². The monoisotopic (exact) mass is 275 g/mol. The maximum absolute atomic E-state index is 11.7. The highest BCUT2D eigenvalue weighted by molar-refractivity contribution is 7.90. The Balaban J connectivity index is 2.53. The van der Waals surface area contributed by atoms with E-state index in [4.69, 9.17) is 10.6 Å². The van der Waals surface area contributed by atoms with Gasteiger partial charge in [-0.2, -0.15) is 0 Å². The van der Waals surface area contributed by atoms with Crippen molar-refractivity contribution < 1.29 is 9.76 Å². The lowest BCUT2D eigenvalue weighted by Crippen LogP contribution is -2.38. The normalized spacial score (nSPS) is 13.5. The van der Waals surface area contributed by atoms with Gasteiger partial charge in [0.25, 0.3) is 0 Å². The van der Waals surface area contributed by atoms with Gasteiger partial charge < -0.3 is 4.55 Å². The molecule has 0 bridgehead atoms. The van der Waals surface area contributed by atoms with Crippen LogP contribution in [0, 0.1) is 5.41 Å². The van der Waals surface area contributed by atoms with E-state index in [1.807, 2.05) is 26.8 Å². The van der Waals surface area contributed by atoms with E-state index in [0.29, 0.717) is 11.4 Å². The third kappa shape index (κ3) is 4.29. The molecule has 0 aromatic carbocycles. The van der Waals surface area contributed by atoms with Crippen LogP contribution in [0.15, 0.2) is 12.1 Å². The molecule has 0 aliphatic carbocycles. The molecule has 1 rings (SSSR count). The van der Waals surface area contributed by atoms with Crippen LogP contribution < -0.4 is 10.2 Å². The van der Waals surface area contributed by atoms with Gasteiger partial charge in [-0.3, -0.25) is 16.1 Å². The first-order chi connectivity index (χ1) is 7.84. The fourth-order valence-corrected chi connectivity index (χ4v) is 2.67. The quantitative estimate of drug-likeness (QED) is 0.291. The molecule has 17 heavy (non-hydrogen) atoms. The summed E-state index contributed by atoms with van der Waals surface area (Å²) in [5.41, 5.74) is 1.80. The Hall–Kier alpha value is -0.600. The molecular formula is C10H17N3O2S2. The predicted octanol–water partition coefficient (Wildman–Crippen LogP) is 1.60. The molecule has 0 radical (unpaired) electrons. The molecule has 0 fully saturated rings. The van der Waals surface area contributed by atoms with E-state index in [9.17, 15) is 4.55 Å². The molecule has 1 atom stereocenters. The second-order valence-electron chi connectivity index (χ2n) is 4.45. The van der Waals surface area contributed by atoms with E-state index in [0.717, 1.165) is 4.88 Å². The van der Waals surface area contributed by atoms with Crippen LogP contribution >= 0.6 is 11.3 Å². The van der Waals surface area contributed by atoms with Crippen molar-refractivity contribution in [2.24, 2.45) is 0 Å². The van der Waals surface area contributed by atoms with Crippen molar-refractivity contribution in [1.82, 2.24) is 10.2 Å². The summed E-state index contributed by atoms with van der Waals surface area (Å²) in [5.74, 6) is -0.0295. The van der Waals surface area contributed by atoms with Gasteiger partial charge in [-0.05, 0) is 32.9 Å². The molecule has 0 aliphatic heterocycles. The molecule has 1 heterocycles. The average Bonchev–Trinajstić information content (AvgIpc) is 2.72. The van der Waals surface area contributed by atoms with E-state index >= 15 is 0 Å². The topological polar surface area (TPSA) is 91.2 Å². The summed E-state index contributed by atoms with van der Waals surface area (Å²) >= 11 is 0.271. The standard InChI is InChI=1S/C10H17N3O2S2/c1-10(2,3)17(15)12-6-7-4-5-8(16-7)9(11)13-14/h4-5,12,14H,6H2,1-3H3,(H2,11,13). The van der Waals surface area contributed by atoms with Gasteiger partial charge in [0.15, 0.2) is 5.84 Å². The Labute approximate surface area is 108 Å². The summed E-state index contributed by atoms with van der Waals surface area (Å²) in [6.45, 7) is 6.21. The summed E-state index contributed by atoms with van der Waals surface area (Å²) in [6.07, 6.45) is 0. The van der Waals surface area contributed by atoms with Gasteiger partial charge in [-0.1, -0.05) is 0 Å². The van der Waals surface area contributed by atoms with Gasteiger partial charge in [0, 0.05) is 16.2 Å². The first kappa shape index (κ1) is 14.5. The van der Waals surface area contributed by atoms with E-state index in [1.54, 1.807) is 11.5 Å². The number of hydroxylamine groups is 1. The van der Waals surface area contributed by atoms with Crippen molar-refractivity contribution in [3.63, 3.8) is 0 Å². The molecule has 0 saturated carbocycles. The zero-order valence-electron chi connectivity index (χ0n) is 10.0. The van der Waals surface area contributed by atoms with Crippen LogP contribution in [0.1, 0.15) is 30.5 Å². The van der Waals surface area contributed by atoms with Crippen molar-refractivity contribution in [2.75, 3.05) is 0 Å². The fourth-order valence-electron chi connectivity index (χ4n) is 1.02. The first-order valence-corrected chi connectivity index (χ1v) is 7.04. The SMILES string of the molecule is CC(C)(C)[S+]([O-])NCc1ccc(C(=N)NO)s1. The Kier molecular flexibility index (Phi) is 4.96. The third-order valence-corrected chi connectivity index (χ3v) is 4.58. The highest BCUT2D eigenvalue weighted by Gasteiger charge is 2.26. The summed E-state index contributed by atoms with van der Waals surface area (Å²) in [5, 5.41) is 16.0. The maximum Gasteiger partial charge on any atom is 0.159 e. The van der Waals surface area contributed by atoms with E-state index in [1.165, 1.54) is 11.3 Å². The average molecular weight is 275 g/mol. The molecule has 0 aliphatic rings. The van der Waals surface area contributed by atoms with Crippen LogP contribution in [0.2, 0.25) is 0 Å². The molecular weight excluding hydrogens is 258 g/mol. The summed E-state index contributed by atoms with van der Waals surface area (Å²) in [4.78, 5) is 1.61. The molecule has 1 aromatic rings. The zero-order chi connectivity index (χ0) is 13.1. The van der Waals surface area contributed by atoms with Gasteiger partial charge in [0.1, 0.15) is 4.75 Å². The molecule has 4 N–H and O–H groups in total. The van der Waals surface area contributed by atoms with Gasteiger partial charge in [0.2, 0.25) is 0 Å². The zero-order valence-corrected chi connectivity index (χ0v) is 11.7. The number of thiophene rings is 1. The molecule has 1 aromatic heterocycles. The summed E-state index contributed by atoms with van der Waals surface area (Å²) in [6, 6.07) is 3.59. The molecule has 1 unspecified atom stereocenters. The van der Waals surface area contributed by atoms with E-state index in [2.05, 4.69) is 4.72 Å². The third-order valence-electron chi connectivity index (χ3n) is 1.95. The van der Waals surface area contributed by atoms with Crippen molar-refractivity contribution in [1.29, 1.82) is 5.41 Å². The molecule has 0 saturated heterocycles. The number of hydrogen-bond donors (Lipinski definition) is 4. The molecule has 96 valence electrons. The largest absolute Gasteiger partial charge is 0.598 e. The molecule has 5 nitrogen and oxygen atoms in total. The van der Waals surface area contributed by atoms with Crippen molar-refractivity contribution >= 4 is 28.5 Å². The number of hydrogen-bond acceptors (Lipinski definition) is 5. The molecule has 0 spiro atoms. The van der Waals surface area contributed by atoms with Crippen LogP contribution in [0.25, 0.3) is 0 Å². The number of amidine groups is 1. The Morgan fingerprint density at radius 1 is 1.53 bits per heavy atom. The van der Waals surface area contributed by atoms with Crippen LogP contribution in [-0.4, -0.2) is 20.3 Å². The lowest BCUT2D eigenvalue weighted by Gasteiger charge is -2.23. The minimum Gasteiger partial charge on any atom is -0.598 e. The van der Waals surface area contributed by atoms with Crippen LogP contribution in [0.5, 0.6) is 0 Å². The highest BCUT2D eigenvalue weighted by atomic mass is 32.2. The van der Waals surface area contributed by atoms with Gasteiger partial charge >= 0.3 is 0 Å². The number of rotatable bonds is 4. The van der Waals surface area contributed by atoms with Crippen molar-refractivity contribution in [3.05, 3.63) is 21.9 Å². The number of nitrogens with one attached hydrogen (secondary N) is 3. The lowest BCUT2D eigenvalue weighted by atomic mass is 10.3. The first-order valence-electron chi connectivity index (χ1n) is 5.07. The Morgan fingerprint density at radius 2 is 2.18 bits per heavy atom. The van der Waals surface area contributed by atoms with Crippen molar-refractivity contribution in [2.45, 2.75) is 32.1 Å². The smallest absolute Gasteiger partial charge is 0.159 e. The van der Waals surface area contributed by atoms with Crippen molar-refractivity contribution in [3.8, 4) is 0 Å². The van der Waals surface area contributed by atoms with Gasteiger partial charge in [0.05, 0.1) is 11.4 Å². The molecule has 7 heteroatoms. The minimum atomic E-state index is -1.10. The Morgan fingerprint density at radius 3 is 2.71 bits per heavy atom. The Bertz CT molecular complexity index is 387. The predicted molar refractivity (Wildman–Crippen MR) is 70.8 cm³/mol.